The van der Waals surface area contributed by atoms with Crippen molar-refractivity contribution in [3.63, 3.8) is 0 Å². The van der Waals surface area contributed by atoms with Crippen molar-refractivity contribution < 1.29 is 19.1 Å². The molecule has 8 nitrogen and oxygen atoms in total. The number of alkyl halides is 1. The van der Waals surface area contributed by atoms with E-state index >= 15 is 0 Å². The number of benzene rings is 1. The van der Waals surface area contributed by atoms with E-state index in [4.69, 9.17) is 11.6 Å². The molecular weight excluding hydrogens is 485 g/mol. The highest BCUT2D eigenvalue weighted by atomic mass is 35.5. The van der Waals surface area contributed by atoms with Gasteiger partial charge in [-0.25, -0.2) is 19.2 Å². The van der Waals surface area contributed by atoms with Gasteiger partial charge in [-0.2, -0.15) is 0 Å². The van der Waals surface area contributed by atoms with E-state index in [1.54, 1.807) is 29.2 Å². The number of carboxylic acid groups (broad SMARTS) is 1. The second-order valence-electron chi connectivity index (χ2n) is 10.1. The molecule has 0 radical (unpaired) electrons. The van der Waals surface area contributed by atoms with Crippen LogP contribution in [0.2, 0.25) is 5.02 Å². The molecule has 2 aliphatic carbocycles. The first-order chi connectivity index (χ1) is 17.3. The van der Waals surface area contributed by atoms with Crippen LogP contribution in [0.3, 0.4) is 0 Å². The first kappa shape index (κ1) is 24.7. The predicted octanol–water partition coefficient (Wildman–Crippen LogP) is 4.47. The van der Waals surface area contributed by atoms with Gasteiger partial charge in [0.15, 0.2) is 0 Å². The van der Waals surface area contributed by atoms with Gasteiger partial charge in [0.1, 0.15) is 18.3 Å². The summed E-state index contributed by atoms with van der Waals surface area (Å²) in [6.07, 6.45) is 1.83. The molecule has 10 heteroatoms. The minimum atomic E-state index is -1.06. The third-order valence-electron chi connectivity index (χ3n) is 7.55. The SMILES string of the molecule is C[C@@H]1C[C@@H](F)c2ncnc(N3CCN(C(=O)[C@@H](CN(CC4CC4)C(=O)O)c4ccc(Cl)cc4)CC3)c21. The van der Waals surface area contributed by atoms with Gasteiger partial charge >= 0.3 is 6.09 Å². The molecule has 1 saturated carbocycles. The second kappa shape index (κ2) is 10.2. The molecule has 2 heterocycles. The van der Waals surface area contributed by atoms with Crippen molar-refractivity contribution in [2.45, 2.75) is 44.2 Å². The molecule has 0 spiro atoms. The van der Waals surface area contributed by atoms with Gasteiger partial charge in [0.05, 0.1) is 11.6 Å². The monoisotopic (exact) mass is 515 g/mol. The Morgan fingerprint density at radius 2 is 1.86 bits per heavy atom. The summed E-state index contributed by atoms with van der Waals surface area (Å²) >= 11 is 6.07. The van der Waals surface area contributed by atoms with Crippen LogP contribution in [0.1, 0.15) is 61.0 Å². The van der Waals surface area contributed by atoms with Crippen LogP contribution in [0.5, 0.6) is 0 Å². The number of anilines is 1. The molecular formula is C26H31ClFN5O3. The van der Waals surface area contributed by atoms with E-state index in [0.29, 0.717) is 55.8 Å². The van der Waals surface area contributed by atoms with Crippen LogP contribution in [0.15, 0.2) is 30.6 Å². The van der Waals surface area contributed by atoms with Crippen LogP contribution in [0, 0.1) is 5.92 Å². The zero-order valence-electron chi connectivity index (χ0n) is 20.3. The molecule has 0 unspecified atom stereocenters. The Hall–Kier alpha value is -2.94. The van der Waals surface area contributed by atoms with Crippen molar-refractivity contribution >= 4 is 29.4 Å². The summed E-state index contributed by atoms with van der Waals surface area (Å²) < 4.78 is 14.4. The highest BCUT2D eigenvalue weighted by molar-refractivity contribution is 6.30. The van der Waals surface area contributed by atoms with Crippen LogP contribution < -0.4 is 4.90 Å². The van der Waals surface area contributed by atoms with Crippen LogP contribution in [0.4, 0.5) is 15.0 Å². The van der Waals surface area contributed by atoms with Crippen molar-refractivity contribution in [2.24, 2.45) is 5.92 Å². The van der Waals surface area contributed by atoms with E-state index in [0.717, 1.165) is 29.8 Å². The minimum absolute atomic E-state index is 0.0496. The van der Waals surface area contributed by atoms with E-state index in [2.05, 4.69) is 14.9 Å². The zero-order chi connectivity index (χ0) is 25.4. The first-order valence-electron chi connectivity index (χ1n) is 12.6. The maximum atomic E-state index is 14.4. The fourth-order valence-corrected chi connectivity index (χ4v) is 5.48. The van der Waals surface area contributed by atoms with Crippen LogP contribution in [0.25, 0.3) is 0 Å². The molecule has 1 N–H and O–H groups in total. The lowest BCUT2D eigenvalue weighted by Gasteiger charge is -2.38. The van der Waals surface area contributed by atoms with Gasteiger partial charge in [-0.3, -0.25) is 4.79 Å². The van der Waals surface area contributed by atoms with E-state index in [9.17, 15) is 19.1 Å². The highest BCUT2D eigenvalue weighted by Crippen LogP contribution is 2.44. The average molecular weight is 516 g/mol. The number of rotatable bonds is 7. The number of fused-ring (bicyclic) bond motifs is 1. The predicted molar refractivity (Wildman–Crippen MR) is 134 cm³/mol. The summed E-state index contributed by atoms with van der Waals surface area (Å²) in [6, 6.07) is 7.07. The molecule has 2 amide bonds. The van der Waals surface area contributed by atoms with Crippen LogP contribution >= 0.6 is 11.6 Å². The van der Waals surface area contributed by atoms with E-state index in [1.165, 1.54) is 11.2 Å². The lowest BCUT2D eigenvalue weighted by Crippen LogP contribution is -2.52. The summed E-state index contributed by atoms with van der Waals surface area (Å²) in [6.45, 7) is 4.65. The molecule has 1 saturated heterocycles. The van der Waals surface area contributed by atoms with Gasteiger partial charge in [0.2, 0.25) is 5.91 Å². The number of hydrogen-bond donors (Lipinski definition) is 1. The van der Waals surface area contributed by atoms with Gasteiger partial charge in [0, 0.05) is 49.9 Å². The molecule has 0 bridgehead atoms. The zero-order valence-corrected chi connectivity index (χ0v) is 21.1. The van der Waals surface area contributed by atoms with Gasteiger partial charge in [-0.1, -0.05) is 30.7 Å². The Morgan fingerprint density at radius 1 is 1.17 bits per heavy atom. The standard InChI is InChI=1S/C26H31ClFN5O3/c1-16-12-21(28)23-22(16)24(30-15-29-23)31-8-10-32(11-9-31)25(34)20(18-4-6-19(27)7-5-18)14-33(26(35)36)13-17-2-3-17/h4-7,15-17,20-21H,2-3,8-14H2,1H3,(H,35,36)/t16-,20+,21-/m1/s1. The van der Waals surface area contributed by atoms with Crippen molar-refractivity contribution in [3.05, 3.63) is 52.4 Å². The number of carbonyl (C=O) groups excluding carboxylic acids is 1. The fraction of sp³-hybridized carbons (Fsp3) is 0.538. The summed E-state index contributed by atoms with van der Waals surface area (Å²) in [5.41, 5.74) is 2.12. The Labute approximate surface area is 215 Å². The smallest absolute Gasteiger partial charge is 0.407 e. The number of amides is 2. The minimum Gasteiger partial charge on any atom is -0.465 e. The van der Waals surface area contributed by atoms with Crippen molar-refractivity contribution in [1.82, 2.24) is 19.8 Å². The molecule has 36 heavy (non-hydrogen) atoms. The molecule has 2 fully saturated rings. The molecule has 2 aromatic rings. The average Bonchev–Trinajstić information content (AvgIpc) is 3.65. The lowest BCUT2D eigenvalue weighted by molar-refractivity contribution is -0.133. The number of aromatic nitrogens is 2. The molecule has 5 rings (SSSR count). The Bertz CT molecular complexity index is 1120. The quantitative estimate of drug-likeness (QED) is 0.585. The Morgan fingerprint density at radius 3 is 2.50 bits per heavy atom. The number of hydrogen-bond acceptors (Lipinski definition) is 5. The van der Waals surface area contributed by atoms with Gasteiger partial charge in [-0.05, 0) is 48.8 Å². The third-order valence-corrected chi connectivity index (χ3v) is 7.81. The number of carbonyl (C=O) groups is 2. The van der Waals surface area contributed by atoms with Crippen molar-refractivity contribution in [2.75, 3.05) is 44.2 Å². The van der Waals surface area contributed by atoms with E-state index in [-0.39, 0.29) is 18.4 Å². The van der Waals surface area contributed by atoms with Crippen molar-refractivity contribution in [1.29, 1.82) is 0 Å². The van der Waals surface area contributed by atoms with E-state index in [1.807, 2.05) is 6.92 Å². The fourth-order valence-electron chi connectivity index (χ4n) is 5.36. The Balaban J connectivity index is 1.32. The summed E-state index contributed by atoms with van der Waals surface area (Å²) in [5.74, 6) is 0.485. The molecule has 1 aromatic heterocycles. The van der Waals surface area contributed by atoms with Gasteiger partial charge < -0.3 is 19.8 Å². The molecule has 192 valence electrons. The first-order valence-corrected chi connectivity index (χ1v) is 13.0. The van der Waals surface area contributed by atoms with Gasteiger partial charge in [0.25, 0.3) is 0 Å². The maximum Gasteiger partial charge on any atom is 0.407 e. The maximum absolute atomic E-state index is 14.4. The molecule has 1 aromatic carbocycles. The topological polar surface area (TPSA) is 89.9 Å². The summed E-state index contributed by atoms with van der Waals surface area (Å²) in [4.78, 5) is 39.6. The van der Waals surface area contributed by atoms with E-state index < -0.39 is 18.2 Å². The van der Waals surface area contributed by atoms with Crippen LogP contribution in [-0.2, 0) is 4.79 Å². The highest BCUT2D eigenvalue weighted by Gasteiger charge is 2.37. The number of nitrogens with zero attached hydrogens (tertiary/aromatic N) is 5. The summed E-state index contributed by atoms with van der Waals surface area (Å²) in [7, 11) is 0. The number of piperazine rings is 1. The molecule has 3 atom stereocenters. The van der Waals surface area contributed by atoms with Crippen molar-refractivity contribution in [3.8, 4) is 0 Å². The molecule has 3 aliphatic rings. The van der Waals surface area contributed by atoms with Crippen LogP contribution in [-0.4, -0.2) is 76.1 Å². The summed E-state index contributed by atoms with van der Waals surface area (Å²) in [5, 5.41) is 10.4. The third kappa shape index (κ3) is 5.12. The molecule has 1 aliphatic heterocycles. The number of halogens is 2. The largest absolute Gasteiger partial charge is 0.465 e. The second-order valence-corrected chi connectivity index (χ2v) is 10.6. The lowest BCUT2D eigenvalue weighted by atomic mass is 9.96. The Kier molecular flexibility index (Phi) is 7.01. The van der Waals surface area contributed by atoms with Gasteiger partial charge in [-0.15, -0.1) is 0 Å². The normalized spacial score (nSPS) is 22.3.